The van der Waals surface area contributed by atoms with E-state index in [4.69, 9.17) is 10.8 Å². The van der Waals surface area contributed by atoms with Gasteiger partial charge in [-0.3, -0.25) is 14.4 Å². The van der Waals surface area contributed by atoms with Gasteiger partial charge in [0.05, 0.1) is 12.6 Å². The Kier molecular flexibility index (Phi) is 7.90. The van der Waals surface area contributed by atoms with Gasteiger partial charge < -0.3 is 36.7 Å². The van der Waals surface area contributed by atoms with Crippen LogP contribution in [0.25, 0.3) is 10.9 Å². The van der Waals surface area contributed by atoms with E-state index < -0.39 is 48.5 Å². The number of aliphatic hydroxyl groups excluding tert-OH is 1. The van der Waals surface area contributed by atoms with Gasteiger partial charge in [-0.25, -0.2) is 4.79 Å². The number of benzene rings is 1. The Morgan fingerprint density at radius 3 is 2.33 bits per heavy atom. The van der Waals surface area contributed by atoms with E-state index >= 15 is 0 Å². The molecule has 0 radical (unpaired) electrons. The highest BCUT2D eigenvalue weighted by molar-refractivity contribution is 5.92. The lowest BCUT2D eigenvalue weighted by atomic mass is 10.0. The number of carboxylic acid groups (broad SMARTS) is 2. The largest absolute Gasteiger partial charge is 0.481 e. The topological polar surface area (TPSA) is 195 Å². The standard InChI is InChI=1S/C19H24N4O7/c20-12(5-6-16(25)26)17(27)23-15(9-24)18(28)22-14(19(29)30)7-10-8-21-13-4-2-1-3-11(10)13/h1-4,8,12,14-15,21,24H,5-7,9,20H2,(H,22,28)(H,23,27)(H,25,26)(H,29,30)/t12-,14+,15-/m0/s1. The molecule has 11 nitrogen and oxygen atoms in total. The summed E-state index contributed by atoms with van der Waals surface area (Å²) >= 11 is 0. The number of nitrogens with two attached hydrogens (primary N) is 1. The van der Waals surface area contributed by atoms with Crippen LogP contribution in [0.3, 0.4) is 0 Å². The maximum Gasteiger partial charge on any atom is 0.326 e. The molecule has 11 heteroatoms. The molecule has 0 unspecified atom stereocenters. The first-order valence-corrected chi connectivity index (χ1v) is 9.19. The number of fused-ring (bicyclic) bond motifs is 1. The molecule has 0 saturated heterocycles. The monoisotopic (exact) mass is 420 g/mol. The third-order valence-electron chi connectivity index (χ3n) is 4.54. The molecule has 0 aliphatic heterocycles. The van der Waals surface area contributed by atoms with Crippen molar-refractivity contribution in [3.63, 3.8) is 0 Å². The van der Waals surface area contributed by atoms with Crippen molar-refractivity contribution >= 4 is 34.7 Å². The number of para-hydroxylation sites is 1. The average molecular weight is 420 g/mol. The molecule has 0 aliphatic carbocycles. The molecule has 2 rings (SSSR count). The number of amides is 2. The van der Waals surface area contributed by atoms with Crippen molar-refractivity contribution < 1.29 is 34.5 Å². The Morgan fingerprint density at radius 1 is 1.03 bits per heavy atom. The number of hydrogen-bond acceptors (Lipinski definition) is 6. The lowest BCUT2D eigenvalue weighted by molar-refractivity contribution is -0.142. The molecule has 0 spiro atoms. The van der Waals surface area contributed by atoms with Crippen LogP contribution in [0, 0.1) is 0 Å². The van der Waals surface area contributed by atoms with Gasteiger partial charge in [-0.1, -0.05) is 18.2 Å². The molecular formula is C19H24N4O7. The van der Waals surface area contributed by atoms with Crippen LogP contribution in [0.4, 0.5) is 0 Å². The third-order valence-corrected chi connectivity index (χ3v) is 4.54. The lowest BCUT2D eigenvalue weighted by Crippen LogP contribution is -2.56. The van der Waals surface area contributed by atoms with Crippen LogP contribution in [-0.4, -0.2) is 68.8 Å². The molecule has 30 heavy (non-hydrogen) atoms. The quantitative estimate of drug-likeness (QED) is 0.239. The Morgan fingerprint density at radius 2 is 1.70 bits per heavy atom. The van der Waals surface area contributed by atoms with E-state index in [1.807, 2.05) is 18.2 Å². The number of aliphatic carboxylic acids is 2. The van der Waals surface area contributed by atoms with Crippen LogP contribution < -0.4 is 16.4 Å². The Hall–Kier alpha value is -3.44. The zero-order chi connectivity index (χ0) is 22.3. The second-order valence-electron chi connectivity index (χ2n) is 6.75. The molecule has 2 aromatic rings. The second-order valence-corrected chi connectivity index (χ2v) is 6.75. The minimum absolute atomic E-state index is 0.0185. The molecule has 0 bridgehead atoms. The van der Waals surface area contributed by atoms with Crippen molar-refractivity contribution in [3.8, 4) is 0 Å². The Labute approximate surface area is 171 Å². The SMILES string of the molecule is N[C@@H](CCC(=O)O)C(=O)N[C@@H](CO)C(=O)N[C@H](Cc1c[nH]c2ccccc12)C(=O)O. The average Bonchev–Trinajstić information content (AvgIpc) is 3.12. The summed E-state index contributed by atoms with van der Waals surface area (Å²) in [7, 11) is 0. The van der Waals surface area contributed by atoms with Crippen molar-refractivity contribution in [1.82, 2.24) is 15.6 Å². The highest BCUT2D eigenvalue weighted by Crippen LogP contribution is 2.19. The fourth-order valence-corrected chi connectivity index (χ4v) is 2.88. The van der Waals surface area contributed by atoms with Crippen molar-refractivity contribution in [3.05, 3.63) is 36.0 Å². The van der Waals surface area contributed by atoms with Crippen LogP contribution in [0.1, 0.15) is 18.4 Å². The minimum Gasteiger partial charge on any atom is -0.481 e. The number of H-pyrrole nitrogens is 1. The molecule has 1 heterocycles. The van der Waals surface area contributed by atoms with Gasteiger partial charge in [-0.2, -0.15) is 0 Å². The number of aliphatic hydroxyl groups is 1. The maximum absolute atomic E-state index is 12.4. The fourth-order valence-electron chi connectivity index (χ4n) is 2.88. The molecule has 1 aromatic heterocycles. The first-order valence-electron chi connectivity index (χ1n) is 9.19. The first-order chi connectivity index (χ1) is 14.2. The zero-order valence-corrected chi connectivity index (χ0v) is 16.0. The van der Waals surface area contributed by atoms with Gasteiger partial charge in [0, 0.05) is 29.9 Å². The smallest absolute Gasteiger partial charge is 0.326 e. The summed E-state index contributed by atoms with van der Waals surface area (Å²) in [5, 5.41) is 32.9. The molecule has 162 valence electrons. The predicted molar refractivity (Wildman–Crippen MR) is 105 cm³/mol. The first kappa shape index (κ1) is 22.8. The summed E-state index contributed by atoms with van der Waals surface area (Å²) in [6, 6.07) is 3.36. The molecule has 0 fully saturated rings. The van der Waals surface area contributed by atoms with E-state index in [0.29, 0.717) is 5.56 Å². The number of hydrogen-bond donors (Lipinski definition) is 7. The lowest BCUT2D eigenvalue weighted by Gasteiger charge is -2.21. The highest BCUT2D eigenvalue weighted by Gasteiger charge is 2.28. The molecule has 1 aromatic carbocycles. The van der Waals surface area contributed by atoms with Gasteiger partial charge >= 0.3 is 11.9 Å². The second kappa shape index (κ2) is 10.4. The van der Waals surface area contributed by atoms with Crippen molar-refractivity contribution in [2.45, 2.75) is 37.4 Å². The van der Waals surface area contributed by atoms with Crippen molar-refractivity contribution in [1.29, 1.82) is 0 Å². The molecule has 3 atom stereocenters. The van der Waals surface area contributed by atoms with E-state index in [1.54, 1.807) is 12.3 Å². The number of carbonyl (C=O) groups excluding carboxylic acids is 2. The van der Waals surface area contributed by atoms with E-state index in [2.05, 4.69) is 15.6 Å². The molecule has 0 aliphatic rings. The molecule has 0 saturated carbocycles. The van der Waals surface area contributed by atoms with Crippen LogP contribution >= 0.6 is 0 Å². The van der Waals surface area contributed by atoms with Gasteiger partial charge in [0.1, 0.15) is 12.1 Å². The molecule has 8 N–H and O–H groups in total. The normalized spacial score (nSPS) is 13.9. The minimum atomic E-state index is -1.43. The van der Waals surface area contributed by atoms with Crippen molar-refractivity contribution in [2.24, 2.45) is 5.73 Å². The summed E-state index contributed by atoms with van der Waals surface area (Å²) < 4.78 is 0. The van der Waals surface area contributed by atoms with Crippen molar-refractivity contribution in [2.75, 3.05) is 6.61 Å². The van der Waals surface area contributed by atoms with E-state index in [9.17, 15) is 29.4 Å². The number of aromatic amines is 1. The van der Waals surface area contributed by atoms with Crippen LogP contribution in [0.5, 0.6) is 0 Å². The Bertz CT molecular complexity index is 926. The zero-order valence-electron chi connectivity index (χ0n) is 16.0. The molecular weight excluding hydrogens is 396 g/mol. The summed E-state index contributed by atoms with van der Waals surface area (Å²) in [4.78, 5) is 49.6. The van der Waals surface area contributed by atoms with E-state index in [0.717, 1.165) is 10.9 Å². The van der Waals surface area contributed by atoms with E-state index in [1.165, 1.54) is 0 Å². The maximum atomic E-state index is 12.4. The van der Waals surface area contributed by atoms with Crippen LogP contribution in [0.2, 0.25) is 0 Å². The third kappa shape index (κ3) is 6.03. The van der Waals surface area contributed by atoms with E-state index in [-0.39, 0.29) is 19.3 Å². The number of rotatable bonds is 11. The summed E-state index contributed by atoms with van der Waals surface area (Å²) in [6.07, 6.45) is 1.14. The fraction of sp³-hybridized carbons (Fsp3) is 0.368. The van der Waals surface area contributed by atoms with Crippen LogP contribution in [-0.2, 0) is 25.6 Å². The molecule has 2 amide bonds. The highest BCUT2D eigenvalue weighted by atomic mass is 16.4. The van der Waals surface area contributed by atoms with Gasteiger partial charge in [-0.15, -0.1) is 0 Å². The number of carboxylic acids is 2. The van der Waals surface area contributed by atoms with Gasteiger partial charge in [0.15, 0.2) is 0 Å². The summed E-state index contributed by atoms with van der Waals surface area (Å²) in [5.41, 5.74) is 7.07. The van der Waals surface area contributed by atoms with Gasteiger partial charge in [0.25, 0.3) is 0 Å². The summed E-state index contributed by atoms with van der Waals surface area (Å²) in [5.74, 6) is -4.14. The predicted octanol–water partition coefficient (Wildman–Crippen LogP) is -1.05. The summed E-state index contributed by atoms with van der Waals surface area (Å²) in [6.45, 7) is -0.789. The number of aromatic nitrogens is 1. The number of carbonyl (C=O) groups is 4. The Balaban J connectivity index is 2.02. The van der Waals surface area contributed by atoms with Gasteiger partial charge in [-0.05, 0) is 18.1 Å². The number of nitrogens with one attached hydrogen (secondary N) is 3. The van der Waals surface area contributed by atoms with Gasteiger partial charge in [0.2, 0.25) is 11.8 Å². The van der Waals surface area contributed by atoms with Crippen LogP contribution in [0.15, 0.2) is 30.5 Å².